The molecule has 0 radical (unpaired) electrons. The lowest BCUT2D eigenvalue weighted by Gasteiger charge is -2.21. The highest BCUT2D eigenvalue weighted by molar-refractivity contribution is 6.32. The summed E-state index contributed by atoms with van der Waals surface area (Å²) >= 11 is 0. The van der Waals surface area contributed by atoms with Crippen LogP contribution in [0.3, 0.4) is 0 Å². The van der Waals surface area contributed by atoms with Gasteiger partial charge in [-0.05, 0) is 39.4 Å². The van der Waals surface area contributed by atoms with Crippen LogP contribution in [-0.4, -0.2) is 32.7 Å². The quantitative estimate of drug-likeness (QED) is 0.363. The van der Waals surface area contributed by atoms with Crippen molar-refractivity contribution >= 4 is 43.5 Å². The molecule has 5 heteroatoms. The van der Waals surface area contributed by atoms with E-state index < -0.39 is 0 Å². The van der Waals surface area contributed by atoms with Crippen molar-refractivity contribution in [3.63, 3.8) is 0 Å². The zero-order valence-corrected chi connectivity index (χ0v) is 15.8. The van der Waals surface area contributed by atoms with Crippen LogP contribution in [0.4, 0.5) is 0 Å². The van der Waals surface area contributed by atoms with Gasteiger partial charge < -0.3 is 25.0 Å². The monoisotopic (exact) mass is 360 g/mol. The van der Waals surface area contributed by atoms with Crippen LogP contribution in [0.15, 0.2) is 42.7 Å². The molecule has 5 nitrogen and oxygen atoms in total. The molecule has 3 aromatic heterocycles. The summed E-state index contributed by atoms with van der Waals surface area (Å²) in [5.74, 6) is 0.234. The fourth-order valence-corrected chi connectivity index (χ4v) is 4.62. The van der Waals surface area contributed by atoms with Crippen molar-refractivity contribution in [1.82, 2.24) is 19.9 Å². The molecule has 3 heterocycles. The Bertz CT molecular complexity index is 1290. The second kappa shape index (κ2) is 5.79. The van der Waals surface area contributed by atoms with Crippen LogP contribution in [0.2, 0.25) is 0 Å². The predicted octanol–water partition coefficient (Wildman–Crippen LogP) is 5.02. The van der Waals surface area contributed by atoms with E-state index in [9.17, 15) is 5.11 Å². The first-order chi connectivity index (χ1) is 13.1. The standard InChI is InChI=1S/C22H24N4O/c1-12(23-3)10-13(2)26-17-7-5-4-6-15(17)18-19-16(11-25-22(19)27)14-8-9-24-20(14)21(18)26/h4-9,11-13,23-25,27H,10H2,1-3H3/t12-,13?/m0/s1. The first-order valence-electron chi connectivity index (χ1n) is 9.50. The van der Waals surface area contributed by atoms with E-state index in [4.69, 9.17) is 0 Å². The van der Waals surface area contributed by atoms with Gasteiger partial charge in [0.05, 0.1) is 16.4 Å². The lowest BCUT2D eigenvalue weighted by Crippen LogP contribution is -2.24. The molecule has 0 fully saturated rings. The van der Waals surface area contributed by atoms with Crippen molar-refractivity contribution in [2.75, 3.05) is 7.05 Å². The highest BCUT2D eigenvalue weighted by Crippen LogP contribution is 2.44. The van der Waals surface area contributed by atoms with E-state index in [2.05, 4.69) is 64.0 Å². The summed E-state index contributed by atoms with van der Waals surface area (Å²) < 4.78 is 2.43. The maximum Gasteiger partial charge on any atom is 0.197 e. The molecule has 0 saturated heterocycles. The van der Waals surface area contributed by atoms with Crippen molar-refractivity contribution in [3.05, 3.63) is 42.7 Å². The number of hydrogen-bond donors (Lipinski definition) is 4. The van der Waals surface area contributed by atoms with E-state index >= 15 is 0 Å². The molecule has 2 aromatic carbocycles. The second-order valence-corrected chi connectivity index (χ2v) is 7.58. The largest absolute Gasteiger partial charge is 0.494 e. The average Bonchev–Trinajstić information content (AvgIpc) is 3.36. The lowest BCUT2D eigenvalue weighted by molar-refractivity contribution is 0.447. The van der Waals surface area contributed by atoms with Gasteiger partial charge in [0.15, 0.2) is 5.88 Å². The van der Waals surface area contributed by atoms with Crippen molar-refractivity contribution in [2.24, 2.45) is 0 Å². The van der Waals surface area contributed by atoms with Crippen LogP contribution < -0.4 is 5.32 Å². The molecule has 4 N–H and O–H groups in total. The van der Waals surface area contributed by atoms with E-state index in [1.165, 1.54) is 10.9 Å². The van der Waals surface area contributed by atoms with E-state index in [0.717, 1.165) is 39.0 Å². The first-order valence-corrected chi connectivity index (χ1v) is 9.50. The van der Waals surface area contributed by atoms with Crippen LogP contribution >= 0.6 is 0 Å². The number of hydrogen-bond acceptors (Lipinski definition) is 2. The topological polar surface area (TPSA) is 68.8 Å². The van der Waals surface area contributed by atoms with E-state index in [1.807, 2.05) is 19.4 Å². The number of rotatable bonds is 4. The summed E-state index contributed by atoms with van der Waals surface area (Å²) in [6.07, 6.45) is 4.90. The van der Waals surface area contributed by atoms with Crippen molar-refractivity contribution in [1.29, 1.82) is 0 Å². The Morgan fingerprint density at radius 3 is 2.67 bits per heavy atom. The highest BCUT2D eigenvalue weighted by atomic mass is 16.3. The third kappa shape index (κ3) is 2.15. The molecule has 1 unspecified atom stereocenters. The van der Waals surface area contributed by atoms with Gasteiger partial charge in [-0.1, -0.05) is 18.2 Å². The second-order valence-electron chi connectivity index (χ2n) is 7.58. The number of fused-ring (bicyclic) bond motifs is 8. The molecule has 0 aliphatic heterocycles. The van der Waals surface area contributed by atoms with E-state index in [0.29, 0.717) is 12.1 Å². The number of aromatic hydroxyl groups is 1. The van der Waals surface area contributed by atoms with E-state index in [-0.39, 0.29) is 5.88 Å². The number of para-hydroxylation sites is 1. The third-order valence-electron chi connectivity index (χ3n) is 5.92. The van der Waals surface area contributed by atoms with Gasteiger partial charge in [-0.25, -0.2) is 0 Å². The maximum absolute atomic E-state index is 10.6. The molecule has 138 valence electrons. The predicted molar refractivity (Wildman–Crippen MR) is 113 cm³/mol. The summed E-state index contributed by atoms with van der Waals surface area (Å²) in [5.41, 5.74) is 3.48. The number of aromatic nitrogens is 3. The van der Waals surface area contributed by atoms with Gasteiger partial charge in [0, 0.05) is 51.5 Å². The van der Waals surface area contributed by atoms with Gasteiger partial charge >= 0.3 is 0 Å². The third-order valence-corrected chi connectivity index (χ3v) is 5.92. The molecule has 0 spiro atoms. The maximum atomic E-state index is 10.6. The Labute approximate surface area is 157 Å². The number of benzene rings is 2. The molecular weight excluding hydrogens is 336 g/mol. The molecule has 0 saturated carbocycles. The van der Waals surface area contributed by atoms with Crippen molar-refractivity contribution < 1.29 is 5.11 Å². The van der Waals surface area contributed by atoms with Gasteiger partial charge in [-0.15, -0.1) is 0 Å². The van der Waals surface area contributed by atoms with Crippen molar-refractivity contribution in [2.45, 2.75) is 32.4 Å². The molecular formula is C22H24N4O. The van der Waals surface area contributed by atoms with Gasteiger partial charge in [0.1, 0.15) is 0 Å². The van der Waals surface area contributed by atoms with Gasteiger partial charge in [0.25, 0.3) is 0 Å². The Morgan fingerprint density at radius 2 is 1.85 bits per heavy atom. The molecule has 5 rings (SSSR count). The minimum absolute atomic E-state index is 0.234. The van der Waals surface area contributed by atoms with Crippen molar-refractivity contribution in [3.8, 4) is 5.88 Å². The molecule has 0 aliphatic rings. The number of H-pyrrole nitrogens is 2. The van der Waals surface area contributed by atoms with E-state index in [1.54, 1.807) is 0 Å². The Hall–Kier alpha value is -2.92. The van der Waals surface area contributed by atoms with Gasteiger partial charge in [-0.3, -0.25) is 0 Å². The minimum Gasteiger partial charge on any atom is -0.494 e. The molecule has 27 heavy (non-hydrogen) atoms. The average molecular weight is 360 g/mol. The fraction of sp³-hybridized carbons (Fsp3) is 0.273. The normalized spacial score (nSPS) is 14.6. The zero-order chi connectivity index (χ0) is 18.7. The van der Waals surface area contributed by atoms with Crippen LogP contribution in [0.5, 0.6) is 5.88 Å². The summed E-state index contributed by atoms with van der Waals surface area (Å²) in [7, 11) is 2.01. The van der Waals surface area contributed by atoms with Gasteiger partial charge in [0.2, 0.25) is 0 Å². The summed E-state index contributed by atoms with van der Waals surface area (Å²) in [6, 6.07) is 11.3. The fourth-order valence-electron chi connectivity index (χ4n) is 4.62. The summed E-state index contributed by atoms with van der Waals surface area (Å²) in [4.78, 5) is 6.47. The summed E-state index contributed by atoms with van der Waals surface area (Å²) in [6.45, 7) is 4.49. The Kier molecular flexibility index (Phi) is 3.49. The van der Waals surface area contributed by atoms with Gasteiger partial charge in [-0.2, -0.15) is 0 Å². The van der Waals surface area contributed by atoms with Crippen LogP contribution in [-0.2, 0) is 0 Å². The molecule has 0 bridgehead atoms. The highest BCUT2D eigenvalue weighted by Gasteiger charge is 2.23. The SMILES string of the molecule is CN[C@@H](C)CC(C)n1c2ccccc2c2c3c(O)[nH]cc3c3cc[nH]c3c21. The molecule has 5 aromatic rings. The lowest BCUT2D eigenvalue weighted by atomic mass is 10.0. The molecule has 2 atom stereocenters. The molecule has 0 amide bonds. The Morgan fingerprint density at radius 1 is 1.04 bits per heavy atom. The first kappa shape index (κ1) is 16.3. The zero-order valence-electron chi connectivity index (χ0n) is 15.8. The number of aromatic amines is 2. The van der Waals surface area contributed by atoms with Crippen LogP contribution in [0.25, 0.3) is 43.5 Å². The smallest absolute Gasteiger partial charge is 0.197 e. The Balaban J connectivity index is 2.01. The summed E-state index contributed by atoms with van der Waals surface area (Å²) in [5, 5.41) is 19.3. The van der Waals surface area contributed by atoms with Crippen LogP contribution in [0, 0.1) is 0 Å². The number of nitrogens with one attached hydrogen (secondary N) is 3. The molecule has 0 aliphatic carbocycles. The number of nitrogens with zero attached hydrogens (tertiary/aromatic N) is 1. The van der Waals surface area contributed by atoms with Crippen LogP contribution in [0.1, 0.15) is 26.3 Å². The minimum atomic E-state index is 0.234.